The van der Waals surface area contributed by atoms with E-state index in [-0.39, 0.29) is 22.6 Å². The fourth-order valence-electron chi connectivity index (χ4n) is 5.63. The maximum Gasteiger partial charge on any atom is 0.217 e. The number of sulfonamides is 1. The zero-order valence-corrected chi connectivity index (χ0v) is 17.5. The first-order valence-corrected chi connectivity index (χ1v) is 14.3. The number of rotatable bonds is 3. The molecule has 2 heterocycles. The number of hydrogen-bond donors (Lipinski definition) is 2. The highest BCUT2D eigenvalue weighted by Crippen LogP contribution is 2.70. The van der Waals surface area contributed by atoms with E-state index in [2.05, 4.69) is 43.7 Å². The van der Waals surface area contributed by atoms with Gasteiger partial charge in [0, 0.05) is 16.8 Å². The summed E-state index contributed by atoms with van der Waals surface area (Å²) < 4.78 is 27.4. The van der Waals surface area contributed by atoms with Crippen LogP contribution in [0.1, 0.15) is 45.0 Å². The summed E-state index contributed by atoms with van der Waals surface area (Å²) in [6.07, 6.45) is 1.74. The number of aromatic nitrogens is 2. The molecule has 4 atom stereocenters. The lowest BCUT2D eigenvalue weighted by Gasteiger charge is -2.38. The predicted molar refractivity (Wildman–Crippen MR) is 99.5 cm³/mol. The van der Waals surface area contributed by atoms with Crippen molar-refractivity contribution in [3.8, 4) is 0 Å². The Bertz CT molecular complexity index is 813. The van der Waals surface area contributed by atoms with E-state index in [0.717, 1.165) is 24.6 Å². The van der Waals surface area contributed by atoms with Gasteiger partial charge in [0.05, 0.1) is 11.4 Å². The van der Waals surface area contributed by atoms with Crippen LogP contribution in [-0.2, 0) is 10.0 Å². The Kier molecular flexibility index (Phi) is 3.52. The van der Waals surface area contributed by atoms with Crippen molar-refractivity contribution in [3.63, 3.8) is 0 Å². The smallest absolute Gasteiger partial charge is 0.217 e. The molecule has 140 valence electrons. The molecule has 0 aromatic carbocycles. The minimum Gasteiger partial charge on any atom is -0.371 e. The Balaban J connectivity index is 1.72. The molecule has 0 amide bonds. The number of aliphatic hydroxyl groups is 1. The van der Waals surface area contributed by atoms with Gasteiger partial charge in [0.2, 0.25) is 10.0 Å². The normalized spacial score (nSPS) is 37.4. The van der Waals surface area contributed by atoms with Crippen molar-refractivity contribution in [1.82, 2.24) is 14.5 Å². The van der Waals surface area contributed by atoms with Gasteiger partial charge in [-0.1, -0.05) is 33.5 Å². The Morgan fingerprint density at radius 3 is 2.64 bits per heavy atom. The number of aromatic amines is 1. The van der Waals surface area contributed by atoms with Crippen LogP contribution in [0.15, 0.2) is 6.07 Å². The molecule has 2 N–H and O–H groups in total. The summed E-state index contributed by atoms with van der Waals surface area (Å²) in [5, 5.41) is 19.2. The summed E-state index contributed by atoms with van der Waals surface area (Å²) in [6.45, 7) is 11.0. The highest BCUT2D eigenvalue weighted by atomic mass is 32.2. The average molecular weight is 384 g/mol. The van der Waals surface area contributed by atoms with Crippen LogP contribution in [0, 0.1) is 16.7 Å². The summed E-state index contributed by atoms with van der Waals surface area (Å²) >= 11 is 0. The van der Waals surface area contributed by atoms with Gasteiger partial charge in [0.15, 0.2) is 6.23 Å². The Labute approximate surface area is 151 Å². The van der Waals surface area contributed by atoms with E-state index in [0.29, 0.717) is 11.6 Å². The van der Waals surface area contributed by atoms with Crippen molar-refractivity contribution in [3.05, 3.63) is 11.8 Å². The van der Waals surface area contributed by atoms with Gasteiger partial charge in [0.25, 0.3) is 0 Å². The van der Waals surface area contributed by atoms with Gasteiger partial charge >= 0.3 is 0 Å². The summed E-state index contributed by atoms with van der Waals surface area (Å²) in [4.78, 5) is 0. The standard InChI is InChI=1S/C17H29N3O3SSi/c1-16(2)11-6-7-17(16)10-24(22,23)20(13(17)8-11)15(21)12-9-14(19-18-12)25(3,4)5/h9,11,13,15,21H,6-8,10H2,1-5H3,(H,18,19). The summed E-state index contributed by atoms with van der Waals surface area (Å²) in [5.41, 5.74) is 0.286. The van der Waals surface area contributed by atoms with Crippen molar-refractivity contribution in [1.29, 1.82) is 0 Å². The zero-order chi connectivity index (χ0) is 18.4. The van der Waals surface area contributed by atoms with E-state index in [9.17, 15) is 13.5 Å². The summed E-state index contributed by atoms with van der Waals surface area (Å²) in [5.74, 6) is 0.710. The number of nitrogens with zero attached hydrogens (tertiary/aromatic N) is 2. The van der Waals surface area contributed by atoms with Crippen LogP contribution in [0.5, 0.6) is 0 Å². The van der Waals surface area contributed by atoms with Crippen molar-refractivity contribution in [2.24, 2.45) is 16.7 Å². The van der Waals surface area contributed by atoms with E-state index in [1.54, 1.807) is 0 Å². The number of fused-ring (bicyclic) bond motifs is 1. The highest BCUT2D eigenvalue weighted by molar-refractivity contribution is 7.89. The average Bonchev–Trinajstić information content (AvgIpc) is 3.14. The highest BCUT2D eigenvalue weighted by Gasteiger charge is 2.72. The van der Waals surface area contributed by atoms with E-state index in [4.69, 9.17) is 0 Å². The van der Waals surface area contributed by atoms with Crippen molar-refractivity contribution in [2.45, 2.75) is 65.0 Å². The molecular formula is C17H29N3O3SSi. The maximum absolute atomic E-state index is 13.0. The molecule has 0 radical (unpaired) electrons. The molecule has 2 bridgehead atoms. The topological polar surface area (TPSA) is 86.3 Å². The fraction of sp³-hybridized carbons (Fsp3) is 0.824. The Morgan fingerprint density at radius 2 is 2.08 bits per heavy atom. The molecule has 1 spiro atoms. The van der Waals surface area contributed by atoms with Crippen LogP contribution < -0.4 is 5.32 Å². The van der Waals surface area contributed by atoms with E-state index in [1.807, 2.05) is 6.07 Å². The minimum absolute atomic E-state index is 0.0106. The van der Waals surface area contributed by atoms with Gasteiger partial charge in [-0.3, -0.25) is 5.10 Å². The molecule has 3 aliphatic rings. The van der Waals surface area contributed by atoms with Gasteiger partial charge in [-0.05, 0) is 36.7 Å². The monoisotopic (exact) mass is 383 g/mol. The van der Waals surface area contributed by atoms with Crippen molar-refractivity contribution < 1.29 is 13.5 Å². The van der Waals surface area contributed by atoms with Crippen LogP contribution in [0.2, 0.25) is 19.6 Å². The second-order valence-corrected chi connectivity index (χ2v) is 16.7. The lowest BCUT2D eigenvalue weighted by Crippen LogP contribution is -2.43. The van der Waals surface area contributed by atoms with Gasteiger partial charge in [0.1, 0.15) is 8.07 Å². The third-order valence-electron chi connectivity index (χ3n) is 7.34. The largest absolute Gasteiger partial charge is 0.371 e. The lowest BCUT2D eigenvalue weighted by molar-refractivity contribution is 0.00377. The third kappa shape index (κ3) is 2.20. The number of hydrogen-bond acceptors (Lipinski definition) is 4. The SMILES string of the molecule is CC1(C)C2CCC13CS(=O)(=O)N(C(O)c1cc([Si](C)(C)C)n[nH]1)C3C2. The predicted octanol–water partition coefficient (Wildman–Crippen LogP) is 1.79. The van der Waals surface area contributed by atoms with Gasteiger partial charge < -0.3 is 5.11 Å². The first kappa shape index (κ1) is 17.7. The van der Waals surface area contributed by atoms with Gasteiger partial charge in [-0.25, -0.2) is 8.42 Å². The Hall–Kier alpha value is -0.703. The first-order chi connectivity index (χ1) is 11.4. The maximum atomic E-state index is 13.0. The zero-order valence-electron chi connectivity index (χ0n) is 15.7. The molecule has 1 aromatic rings. The first-order valence-electron chi connectivity index (χ1n) is 9.15. The third-order valence-corrected chi connectivity index (χ3v) is 11.1. The molecule has 2 saturated carbocycles. The number of aliphatic hydroxyl groups excluding tert-OH is 1. The fourth-order valence-corrected chi connectivity index (χ4v) is 9.22. The lowest BCUT2D eigenvalue weighted by atomic mass is 9.69. The number of H-pyrrole nitrogens is 1. The number of nitrogens with one attached hydrogen (secondary N) is 1. The molecule has 4 rings (SSSR count). The Morgan fingerprint density at radius 1 is 1.40 bits per heavy atom. The van der Waals surface area contributed by atoms with Crippen LogP contribution in [0.4, 0.5) is 0 Å². The quantitative estimate of drug-likeness (QED) is 0.779. The molecule has 1 aliphatic heterocycles. The summed E-state index contributed by atoms with van der Waals surface area (Å²) in [6, 6.07) is 1.76. The van der Waals surface area contributed by atoms with Crippen LogP contribution >= 0.6 is 0 Å². The molecule has 1 aromatic heterocycles. The second kappa shape index (κ2) is 4.97. The van der Waals surface area contributed by atoms with Crippen molar-refractivity contribution in [2.75, 3.05) is 5.75 Å². The molecule has 8 heteroatoms. The molecule has 25 heavy (non-hydrogen) atoms. The molecule has 1 saturated heterocycles. The summed E-state index contributed by atoms with van der Waals surface area (Å²) in [7, 11) is -5.11. The molecule has 2 aliphatic carbocycles. The molecule has 3 fully saturated rings. The van der Waals surface area contributed by atoms with Crippen LogP contribution in [0.3, 0.4) is 0 Å². The second-order valence-electron chi connectivity index (χ2n) is 9.78. The molecule has 6 nitrogen and oxygen atoms in total. The van der Waals surface area contributed by atoms with Gasteiger partial charge in [-0.15, -0.1) is 0 Å². The van der Waals surface area contributed by atoms with Crippen molar-refractivity contribution >= 4 is 23.4 Å². The van der Waals surface area contributed by atoms with E-state index in [1.165, 1.54) is 4.31 Å². The molecular weight excluding hydrogens is 354 g/mol. The molecule has 4 unspecified atom stereocenters. The van der Waals surface area contributed by atoms with E-state index >= 15 is 0 Å². The van der Waals surface area contributed by atoms with E-state index < -0.39 is 24.3 Å². The van der Waals surface area contributed by atoms with Crippen LogP contribution in [-0.4, -0.2) is 47.9 Å². The van der Waals surface area contributed by atoms with Crippen LogP contribution in [0.25, 0.3) is 0 Å². The van der Waals surface area contributed by atoms with Gasteiger partial charge in [-0.2, -0.15) is 9.40 Å². The minimum atomic E-state index is -3.49.